The summed E-state index contributed by atoms with van der Waals surface area (Å²) < 4.78 is 2.37. The second kappa shape index (κ2) is 11.1. The Hall–Kier alpha value is -5.87. The smallest absolute Gasteiger partial charge is 0.166 e. The second-order valence-electron chi connectivity index (χ2n) is 16.0. The van der Waals surface area contributed by atoms with Crippen molar-refractivity contribution in [1.29, 1.82) is 0 Å². The van der Waals surface area contributed by atoms with E-state index in [1.165, 1.54) is 59.6 Å². The van der Waals surface area contributed by atoms with Gasteiger partial charge in [-0.05, 0) is 102 Å². The van der Waals surface area contributed by atoms with Gasteiger partial charge < -0.3 is 4.57 Å². The van der Waals surface area contributed by atoms with Crippen molar-refractivity contribution in [2.75, 3.05) is 0 Å². The molecule has 0 amide bonds. The molecule has 4 heteroatoms. The lowest BCUT2D eigenvalue weighted by molar-refractivity contribution is -0.0399. The van der Waals surface area contributed by atoms with Gasteiger partial charge in [0.15, 0.2) is 17.5 Å². The molecule has 6 aromatic carbocycles. The van der Waals surface area contributed by atoms with Gasteiger partial charge in [-0.3, -0.25) is 0 Å². The minimum atomic E-state index is 0.0791. The molecule has 2 aromatic heterocycles. The summed E-state index contributed by atoms with van der Waals surface area (Å²) in [5, 5.41) is 2.40. The fourth-order valence-electron chi connectivity index (χ4n) is 11.8. The highest BCUT2D eigenvalue weighted by atomic mass is 15.0. The van der Waals surface area contributed by atoms with E-state index < -0.39 is 0 Å². The number of hydrogen-bond acceptors (Lipinski definition) is 3. The molecular formula is C49H38N4. The lowest BCUT2D eigenvalue weighted by atomic mass is 9.43. The molecule has 4 nitrogen and oxygen atoms in total. The molecule has 254 valence electrons. The first kappa shape index (κ1) is 29.7. The van der Waals surface area contributed by atoms with Gasteiger partial charge in [0.1, 0.15) is 0 Å². The number of aromatic nitrogens is 4. The van der Waals surface area contributed by atoms with E-state index in [2.05, 4.69) is 150 Å². The summed E-state index contributed by atoms with van der Waals surface area (Å²) >= 11 is 0. The molecule has 1 spiro atoms. The molecule has 0 aliphatic heterocycles. The Morgan fingerprint density at radius 3 is 1.81 bits per heavy atom. The lowest BCUT2D eigenvalue weighted by Gasteiger charge is -2.61. The zero-order valence-electron chi connectivity index (χ0n) is 29.5. The molecule has 2 heterocycles. The third kappa shape index (κ3) is 4.09. The van der Waals surface area contributed by atoms with E-state index in [9.17, 15) is 0 Å². The highest BCUT2D eigenvalue weighted by molar-refractivity contribution is 6.13. The van der Waals surface area contributed by atoms with Crippen molar-refractivity contribution in [2.24, 2.45) is 23.7 Å². The van der Waals surface area contributed by atoms with Gasteiger partial charge in [-0.2, -0.15) is 0 Å². The third-order valence-corrected chi connectivity index (χ3v) is 13.4. The number of hydrogen-bond donors (Lipinski definition) is 0. The summed E-state index contributed by atoms with van der Waals surface area (Å²) in [6, 6.07) is 52.7. The maximum Gasteiger partial charge on any atom is 0.166 e. The summed E-state index contributed by atoms with van der Waals surface area (Å²) in [7, 11) is 0. The van der Waals surface area contributed by atoms with Crippen molar-refractivity contribution in [3.8, 4) is 51.0 Å². The van der Waals surface area contributed by atoms with Crippen LogP contribution in [0.4, 0.5) is 0 Å². The SMILES string of the molecule is c1ccc(-c2nc(-c3cccc4c3-c3ccccc3C43C4CC5CC(C4)CC3C5)nc(-c3cccc4c5ccccc5n(-c5ccccc5)c34)n2)cc1. The molecule has 0 N–H and O–H groups in total. The number of para-hydroxylation sites is 3. The van der Waals surface area contributed by atoms with Crippen molar-refractivity contribution in [3.05, 3.63) is 157 Å². The normalized spacial score (nSPS) is 23.5. The number of rotatable bonds is 4. The minimum Gasteiger partial charge on any atom is -0.309 e. The van der Waals surface area contributed by atoms with E-state index in [0.717, 1.165) is 51.1 Å². The zero-order chi connectivity index (χ0) is 34.7. The molecule has 8 aromatic rings. The van der Waals surface area contributed by atoms with Crippen LogP contribution in [-0.2, 0) is 5.41 Å². The Balaban J connectivity index is 1.13. The monoisotopic (exact) mass is 682 g/mol. The summed E-state index contributed by atoms with van der Waals surface area (Å²) in [6.07, 6.45) is 6.89. The maximum absolute atomic E-state index is 5.49. The van der Waals surface area contributed by atoms with Crippen LogP contribution in [-0.4, -0.2) is 19.5 Å². The summed E-state index contributed by atoms with van der Waals surface area (Å²) in [5.74, 6) is 5.31. The molecule has 4 fully saturated rings. The molecule has 5 aliphatic carbocycles. The Morgan fingerprint density at radius 2 is 1.02 bits per heavy atom. The van der Waals surface area contributed by atoms with Crippen LogP contribution in [0.15, 0.2) is 146 Å². The van der Waals surface area contributed by atoms with Gasteiger partial charge >= 0.3 is 0 Å². The van der Waals surface area contributed by atoms with Crippen molar-refractivity contribution < 1.29 is 0 Å². The van der Waals surface area contributed by atoms with Crippen molar-refractivity contribution in [1.82, 2.24) is 19.5 Å². The first-order valence-electron chi connectivity index (χ1n) is 19.4. The van der Waals surface area contributed by atoms with Crippen LogP contribution < -0.4 is 0 Å². The Kier molecular flexibility index (Phi) is 6.20. The summed E-state index contributed by atoms with van der Waals surface area (Å²) in [6.45, 7) is 0. The van der Waals surface area contributed by atoms with Gasteiger partial charge in [0.25, 0.3) is 0 Å². The quantitative estimate of drug-likeness (QED) is 0.186. The molecule has 0 unspecified atom stereocenters. The molecule has 13 rings (SSSR count). The average molecular weight is 683 g/mol. The van der Waals surface area contributed by atoms with Crippen LogP contribution in [0.5, 0.6) is 0 Å². The maximum atomic E-state index is 5.49. The molecule has 0 saturated heterocycles. The van der Waals surface area contributed by atoms with Crippen molar-refractivity contribution in [3.63, 3.8) is 0 Å². The number of fused-ring (bicyclic) bond motifs is 6. The summed E-state index contributed by atoms with van der Waals surface area (Å²) in [4.78, 5) is 16.1. The van der Waals surface area contributed by atoms with Gasteiger partial charge in [-0.25, -0.2) is 15.0 Å². The molecule has 4 saturated carbocycles. The molecule has 53 heavy (non-hydrogen) atoms. The Morgan fingerprint density at radius 1 is 0.453 bits per heavy atom. The van der Waals surface area contributed by atoms with Crippen LogP contribution in [0.3, 0.4) is 0 Å². The first-order valence-corrected chi connectivity index (χ1v) is 19.4. The van der Waals surface area contributed by atoms with E-state index in [-0.39, 0.29) is 5.41 Å². The van der Waals surface area contributed by atoms with Gasteiger partial charge in [-0.1, -0.05) is 121 Å². The van der Waals surface area contributed by atoms with E-state index in [1.54, 1.807) is 5.56 Å². The standard InChI is InChI=1S/C49H38N4/c1-3-13-32(14-4-1)46-50-47(52-48(51-46)40-21-11-19-37-36-17-8-10-24-43(36)53(45(37)40)35-15-5-2-6-16-35)39-20-12-23-42-44(39)38-18-7-9-22-41(38)49(42)33-26-30-25-31(28-33)29-34(49)27-30/h1-24,30-31,33-34H,25-29H2. The molecular weight excluding hydrogens is 645 g/mol. The predicted molar refractivity (Wildman–Crippen MR) is 214 cm³/mol. The van der Waals surface area contributed by atoms with Crippen molar-refractivity contribution >= 4 is 21.8 Å². The summed E-state index contributed by atoms with van der Waals surface area (Å²) in [5.41, 5.74) is 12.3. The predicted octanol–water partition coefficient (Wildman–Crippen LogP) is 11.7. The van der Waals surface area contributed by atoms with E-state index in [0.29, 0.717) is 23.5 Å². The van der Waals surface area contributed by atoms with Gasteiger partial charge in [0, 0.05) is 38.6 Å². The van der Waals surface area contributed by atoms with Crippen LogP contribution in [0, 0.1) is 23.7 Å². The van der Waals surface area contributed by atoms with E-state index in [4.69, 9.17) is 15.0 Å². The Bertz CT molecular complexity index is 2720. The fourth-order valence-corrected chi connectivity index (χ4v) is 11.8. The first-order chi connectivity index (χ1) is 26.3. The minimum absolute atomic E-state index is 0.0791. The number of nitrogens with zero attached hydrogens (tertiary/aromatic N) is 4. The Labute approximate surface area is 309 Å². The van der Waals surface area contributed by atoms with Crippen LogP contribution >= 0.6 is 0 Å². The van der Waals surface area contributed by atoms with E-state index in [1.807, 2.05) is 0 Å². The largest absolute Gasteiger partial charge is 0.309 e. The van der Waals surface area contributed by atoms with Crippen LogP contribution in [0.25, 0.3) is 72.8 Å². The highest BCUT2D eigenvalue weighted by Gasteiger charge is 2.61. The number of benzene rings is 6. The molecule has 0 atom stereocenters. The molecule has 5 aliphatic rings. The molecule has 4 bridgehead atoms. The zero-order valence-corrected chi connectivity index (χ0v) is 29.5. The highest BCUT2D eigenvalue weighted by Crippen LogP contribution is 2.70. The second-order valence-corrected chi connectivity index (χ2v) is 16.0. The van der Waals surface area contributed by atoms with Crippen LogP contribution in [0.2, 0.25) is 0 Å². The van der Waals surface area contributed by atoms with Crippen LogP contribution in [0.1, 0.15) is 43.2 Å². The third-order valence-electron chi connectivity index (χ3n) is 13.4. The topological polar surface area (TPSA) is 43.6 Å². The lowest BCUT2D eigenvalue weighted by Crippen LogP contribution is -2.55. The van der Waals surface area contributed by atoms with Gasteiger partial charge in [0.2, 0.25) is 0 Å². The van der Waals surface area contributed by atoms with Crippen molar-refractivity contribution in [2.45, 2.75) is 37.5 Å². The van der Waals surface area contributed by atoms with Gasteiger partial charge in [-0.15, -0.1) is 0 Å². The van der Waals surface area contributed by atoms with Gasteiger partial charge in [0.05, 0.1) is 11.0 Å². The van der Waals surface area contributed by atoms with E-state index >= 15 is 0 Å². The molecule has 0 radical (unpaired) electrons. The average Bonchev–Trinajstić information content (AvgIpc) is 3.71. The fraction of sp³-hybridized carbons (Fsp3) is 0.204.